The fourth-order valence-corrected chi connectivity index (χ4v) is 8.88. The second-order valence-corrected chi connectivity index (χ2v) is 18.4. The van der Waals surface area contributed by atoms with Crippen LogP contribution in [0.3, 0.4) is 0 Å². The molecule has 1 saturated carbocycles. The van der Waals surface area contributed by atoms with Gasteiger partial charge in [0.15, 0.2) is 0 Å². The highest BCUT2D eigenvalue weighted by Crippen LogP contribution is 2.27. The minimum absolute atomic E-state index is 0.0269. The fourth-order valence-electron chi connectivity index (χ4n) is 8.88. The first-order valence-electron chi connectivity index (χ1n) is 25.6. The fraction of sp³-hybridized carbons (Fsp3) is 0.961. The van der Waals surface area contributed by atoms with E-state index in [4.69, 9.17) is 9.47 Å². The molecule has 0 spiro atoms. The molecule has 1 rings (SSSR count). The lowest BCUT2D eigenvalue weighted by Crippen LogP contribution is -2.42. The van der Waals surface area contributed by atoms with Crippen LogP contribution in [0.2, 0.25) is 0 Å². The van der Waals surface area contributed by atoms with Gasteiger partial charge in [-0.25, -0.2) is 0 Å². The van der Waals surface area contributed by atoms with Gasteiger partial charge < -0.3 is 14.6 Å². The van der Waals surface area contributed by atoms with Gasteiger partial charge >= 0.3 is 11.9 Å². The molecule has 0 aromatic heterocycles. The van der Waals surface area contributed by atoms with Crippen molar-refractivity contribution in [2.24, 2.45) is 17.8 Å². The van der Waals surface area contributed by atoms with Gasteiger partial charge in [0, 0.05) is 31.3 Å². The predicted molar refractivity (Wildman–Crippen MR) is 244 cm³/mol. The van der Waals surface area contributed by atoms with Crippen LogP contribution in [-0.2, 0) is 19.1 Å². The lowest BCUT2D eigenvalue weighted by atomic mass is 9.91. The van der Waals surface area contributed by atoms with Crippen molar-refractivity contribution in [3.63, 3.8) is 0 Å². The second-order valence-electron chi connectivity index (χ2n) is 18.4. The molecule has 0 aliphatic heterocycles. The Balaban J connectivity index is 2.79. The molecule has 6 heteroatoms. The van der Waals surface area contributed by atoms with Crippen molar-refractivity contribution in [3.8, 4) is 0 Å². The molecule has 0 radical (unpaired) electrons. The van der Waals surface area contributed by atoms with Crippen molar-refractivity contribution in [1.29, 1.82) is 0 Å². The Morgan fingerprint density at radius 2 is 0.807 bits per heavy atom. The van der Waals surface area contributed by atoms with Crippen molar-refractivity contribution < 1.29 is 24.2 Å². The third-order valence-electron chi connectivity index (χ3n) is 13.0. The number of nitrogens with zero attached hydrogens (tertiary/aromatic N) is 1. The van der Waals surface area contributed by atoms with Crippen LogP contribution < -0.4 is 0 Å². The van der Waals surface area contributed by atoms with Crippen LogP contribution in [0.1, 0.15) is 259 Å². The summed E-state index contributed by atoms with van der Waals surface area (Å²) >= 11 is 0. The molecule has 1 aliphatic rings. The van der Waals surface area contributed by atoms with Crippen molar-refractivity contribution in [2.75, 3.05) is 32.9 Å². The third-order valence-corrected chi connectivity index (χ3v) is 13.0. The molecule has 1 aliphatic carbocycles. The van der Waals surface area contributed by atoms with Gasteiger partial charge in [0.25, 0.3) is 0 Å². The van der Waals surface area contributed by atoms with Gasteiger partial charge in [0.2, 0.25) is 0 Å². The van der Waals surface area contributed by atoms with Crippen LogP contribution in [0.25, 0.3) is 0 Å². The molecule has 0 bridgehead atoms. The first-order valence-corrected chi connectivity index (χ1v) is 25.6. The quantitative estimate of drug-likeness (QED) is 0.0488. The monoisotopic (exact) mass is 806 g/mol. The molecular weight excluding hydrogens is 707 g/mol. The van der Waals surface area contributed by atoms with Crippen LogP contribution in [0, 0.1) is 17.8 Å². The van der Waals surface area contributed by atoms with Crippen molar-refractivity contribution in [1.82, 2.24) is 4.90 Å². The average Bonchev–Trinajstić information content (AvgIpc) is 3.18. The van der Waals surface area contributed by atoms with E-state index >= 15 is 0 Å². The van der Waals surface area contributed by atoms with Crippen molar-refractivity contribution in [2.45, 2.75) is 265 Å². The number of rotatable bonds is 44. The summed E-state index contributed by atoms with van der Waals surface area (Å²) in [7, 11) is 0. The highest BCUT2D eigenvalue weighted by Gasteiger charge is 2.25. The normalized spacial score (nSPS) is 13.4. The number of esters is 2. The Hall–Kier alpha value is -1.14. The predicted octanol–water partition coefficient (Wildman–Crippen LogP) is 14.7. The van der Waals surface area contributed by atoms with E-state index in [9.17, 15) is 14.7 Å². The summed E-state index contributed by atoms with van der Waals surface area (Å²) < 4.78 is 12.1. The Labute approximate surface area is 355 Å². The Bertz CT molecular complexity index is 792. The first kappa shape index (κ1) is 53.9. The summed E-state index contributed by atoms with van der Waals surface area (Å²) in [6.07, 6.45) is 43.1. The SMILES string of the molecule is CCCCCCCCC(CCCCCCCC)CC(=O)OCC(CCCCN(CCO)C1CCC1)COC(=O)CC(CCCCCCCC)CCCCCCCC. The zero-order chi connectivity index (χ0) is 41.4. The van der Waals surface area contributed by atoms with Crippen LogP contribution in [0.4, 0.5) is 0 Å². The summed E-state index contributed by atoms with van der Waals surface area (Å²) in [5, 5.41) is 9.65. The average molecular weight is 806 g/mol. The molecule has 0 unspecified atom stereocenters. The van der Waals surface area contributed by atoms with Gasteiger partial charge in [0.1, 0.15) is 0 Å². The largest absolute Gasteiger partial charge is 0.465 e. The molecule has 1 fully saturated rings. The van der Waals surface area contributed by atoms with E-state index in [0.717, 1.165) is 58.0 Å². The number of hydrogen-bond acceptors (Lipinski definition) is 6. The van der Waals surface area contributed by atoms with E-state index < -0.39 is 0 Å². The Kier molecular flexibility index (Phi) is 38.1. The second kappa shape index (κ2) is 40.3. The molecule has 57 heavy (non-hydrogen) atoms. The Morgan fingerprint density at radius 1 is 0.474 bits per heavy atom. The van der Waals surface area contributed by atoms with Gasteiger partial charge in [-0.05, 0) is 69.7 Å². The third kappa shape index (κ3) is 32.3. The summed E-state index contributed by atoms with van der Waals surface area (Å²) in [6, 6.07) is 0.621. The molecule has 1 N–H and O–H groups in total. The number of carbonyl (C=O) groups is 2. The van der Waals surface area contributed by atoms with E-state index in [1.807, 2.05) is 0 Å². The summed E-state index contributed by atoms with van der Waals surface area (Å²) in [6.45, 7) is 11.7. The number of aliphatic hydroxyl groups is 1. The van der Waals surface area contributed by atoms with Gasteiger partial charge in [-0.1, -0.05) is 195 Å². The Morgan fingerprint density at radius 3 is 1.14 bits per heavy atom. The van der Waals surface area contributed by atoms with E-state index in [0.29, 0.717) is 43.9 Å². The maximum Gasteiger partial charge on any atom is 0.306 e. The molecule has 0 aromatic rings. The molecule has 338 valence electrons. The standard InChI is InChI=1S/C51H99NO5/c1-5-9-13-17-21-25-32-46(33-26-22-18-14-10-6-2)42-50(54)56-44-48(36-29-30-39-52(40-41-53)49-37-31-38-49)45-57-51(55)43-47(34-27-23-19-15-11-7-3)35-28-24-20-16-12-8-4/h46-49,53H,5-45H2,1-4H3. The smallest absolute Gasteiger partial charge is 0.306 e. The number of unbranched alkanes of at least 4 members (excludes halogenated alkanes) is 21. The minimum Gasteiger partial charge on any atom is -0.465 e. The lowest BCUT2D eigenvalue weighted by molar-refractivity contribution is -0.150. The number of ether oxygens (including phenoxy) is 2. The van der Waals surface area contributed by atoms with Crippen LogP contribution in [0.15, 0.2) is 0 Å². The van der Waals surface area contributed by atoms with Gasteiger partial charge in [-0.3, -0.25) is 14.5 Å². The summed E-state index contributed by atoms with van der Waals surface area (Å²) in [5.41, 5.74) is 0. The van der Waals surface area contributed by atoms with E-state index in [2.05, 4.69) is 32.6 Å². The van der Waals surface area contributed by atoms with Crippen molar-refractivity contribution >= 4 is 11.9 Å². The maximum absolute atomic E-state index is 13.4. The molecule has 0 heterocycles. The van der Waals surface area contributed by atoms with Crippen molar-refractivity contribution in [3.05, 3.63) is 0 Å². The number of hydrogen-bond donors (Lipinski definition) is 1. The molecule has 0 amide bonds. The zero-order valence-electron chi connectivity index (χ0n) is 38.8. The van der Waals surface area contributed by atoms with Crippen LogP contribution in [0.5, 0.6) is 0 Å². The molecule has 0 saturated heterocycles. The number of aliphatic hydroxyl groups excluding tert-OH is 1. The molecule has 0 atom stereocenters. The summed E-state index contributed by atoms with van der Waals surface area (Å²) in [5.74, 6) is 0.713. The van der Waals surface area contributed by atoms with E-state index in [-0.39, 0.29) is 24.5 Å². The molecule has 6 nitrogen and oxygen atoms in total. The molecule has 0 aromatic carbocycles. The lowest BCUT2D eigenvalue weighted by Gasteiger charge is -2.37. The highest BCUT2D eigenvalue weighted by molar-refractivity contribution is 5.70. The van der Waals surface area contributed by atoms with Gasteiger partial charge in [0.05, 0.1) is 19.8 Å². The first-order chi connectivity index (χ1) is 28.0. The van der Waals surface area contributed by atoms with Gasteiger partial charge in [-0.15, -0.1) is 0 Å². The zero-order valence-corrected chi connectivity index (χ0v) is 38.8. The maximum atomic E-state index is 13.4. The van der Waals surface area contributed by atoms with Gasteiger partial charge in [-0.2, -0.15) is 0 Å². The van der Waals surface area contributed by atoms with E-state index in [1.54, 1.807) is 0 Å². The van der Waals surface area contributed by atoms with Crippen LogP contribution in [-0.4, -0.2) is 60.9 Å². The summed E-state index contributed by atoms with van der Waals surface area (Å²) in [4.78, 5) is 29.3. The highest BCUT2D eigenvalue weighted by atomic mass is 16.5. The number of carbonyl (C=O) groups excluding carboxylic acids is 2. The molecular formula is C51H99NO5. The topological polar surface area (TPSA) is 76.1 Å². The van der Waals surface area contributed by atoms with E-state index in [1.165, 1.54) is 173 Å². The van der Waals surface area contributed by atoms with Crippen LogP contribution >= 0.6 is 0 Å². The minimum atomic E-state index is -0.0645.